The molecule has 1 aliphatic heterocycles. The zero-order valence-corrected chi connectivity index (χ0v) is 13.9. The van der Waals surface area contributed by atoms with Gasteiger partial charge in [-0.2, -0.15) is 0 Å². The first kappa shape index (κ1) is 14.0. The zero-order valence-electron chi connectivity index (χ0n) is 12.3. The minimum atomic E-state index is -0.290. The molecule has 0 bridgehead atoms. The van der Waals surface area contributed by atoms with Crippen LogP contribution in [0.3, 0.4) is 0 Å². The average Bonchev–Trinajstić information content (AvgIpc) is 2.58. The van der Waals surface area contributed by atoms with Crippen LogP contribution in [0.15, 0.2) is 59.6 Å². The lowest BCUT2D eigenvalue weighted by atomic mass is 9.78. The Morgan fingerprint density at radius 3 is 2.59 bits per heavy atom. The summed E-state index contributed by atoms with van der Waals surface area (Å²) in [4.78, 5) is 5.10. The SMILES string of the molecule is BrC1CCCC[C@]12OC(c1ccccc1)=Nc1ccccc12. The molecule has 4 rings (SSSR count). The first-order valence-corrected chi connectivity index (χ1v) is 8.78. The van der Waals surface area contributed by atoms with Gasteiger partial charge in [-0.25, -0.2) is 4.99 Å². The molecular formula is C19H18BrNO. The Morgan fingerprint density at radius 1 is 1.00 bits per heavy atom. The molecule has 1 fully saturated rings. The number of halogens is 1. The Balaban J connectivity index is 1.87. The summed E-state index contributed by atoms with van der Waals surface area (Å²) < 4.78 is 6.54. The van der Waals surface area contributed by atoms with Crippen LogP contribution in [0.4, 0.5) is 5.69 Å². The summed E-state index contributed by atoms with van der Waals surface area (Å²) in [6.07, 6.45) is 4.61. The van der Waals surface area contributed by atoms with E-state index in [1.54, 1.807) is 0 Å². The Morgan fingerprint density at radius 2 is 1.77 bits per heavy atom. The molecule has 0 radical (unpaired) electrons. The molecule has 0 saturated heterocycles. The van der Waals surface area contributed by atoms with Crippen LogP contribution in [0.25, 0.3) is 0 Å². The normalized spacial score (nSPS) is 27.0. The summed E-state index contributed by atoms with van der Waals surface area (Å²) in [5.74, 6) is 0.741. The molecule has 0 aromatic heterocycles. The predicted molar refractivity (Wildman–Crippen MR) is 93.0 cm³/mol. The highest BCUT2D eigenvalue weighted by Gasteiger charge is 2.47. The van der Waals surface area contributed by atoms with Crippen LogP contribution in [0.1, 0.15) is 36.8 Å². The van der Waals surface area contributed by atoms with Crippen LogP contribution in [0.5, 0.6) is 0 Å². The maximum atomic E-state index is 6.54. The van der Waals surface area contributed by atoms with Gasteiger partial charge in [-0.1, -0.05) is 58.7 Å². The van der Waals surface area contributed by atoms with Crippen LogP contribution in [-0.2, 0) is 10.3 Å². The number of para-hydroxylation sites is 1. The van der Waals surface area contributed by atoms with E-state index in [0.29, 0.717) is 4.83 Å². The lowest BCUT2D eigenvalue weighted by Gasteiger charge is -2.44. The van der Waals surface area contributed by atoms with Crippen molar-refractivity contribution in [2.45, 2.75) is 36.1 Å². The Labute approximate surface area is 139 Å². The van der Waals surface area contributed by atoms with Crippen LogP contribution >= 0.6 is 15.9 Å². The van der Waals surface area contributed by atoms with E-state index in [4.69, 9.17) is 9.73 Å². The van der Waals surface area contributed by atoms with Crippen LogP contribution in [0.2, 0.25) is 0 Å². The van der Waals surface area contributed by atoms with Gasteiger partial charge in [0.25, 0.3) is 0 Å². The van der Waals surface area contributed by atoms with Gasteiger partial charge in [-0.15, -0.1) is 0 Å². The summed E-state index contributed by atoms with van der Waals surface area (Å²) in [5, 5.41) is 0. The minimum Gasteiger partial charge on any atom is -0.464 e. The number of nitrogens with zero attached hydrogens (tertiary/aromatic N) is 1. The highest BCUT2D eigenvalue weighted by Crippen LogP contribution is 2.50. The zero-order chi connectivity index (χ0) is 15.0. The molecule has 3 heteroatoms. The molecule has 1 spiro atoms. The number of rotatable bonds is 1. The fourth-order valence-corrected chi connectivity index (χ4v) is 4.40. The van der Waals surface area contributed by atoms with Gasteiger partial charge in [0.2, 0.25) is 5.90 Å². The monoisotopic (exact) mass is 355 g/mol. The second-order valence-corrected chi connectivity index (χ2v) is 7.11. The summed E-state index contributed by atoms with van der Waals surface area (Å²) in [7, 11) is 0. The maximum absolute atomic E-state index is 6.54. The highest BCUT2D eigenvalue weighted by molar-refractivity contribution is 9.09. The van der Waals surface area contributed by atoms with Gasteiger partial charge in [0.05, 0.1) is 10.5 Å². The minimum absolute atomic E-state index is 0.290. The Hall–Kier alpha value is -1.61. The van der Waals surface area contributed by atoms with Crippen molar-refractivity contribution in [3.63, 3.8) is 0 Å². The molecule has 2 atom stereocenters. The lowest BCUT2D eigenvalue weighted by molar-refractivity contribution is 0.0206. The van der Waals surface area contributed by atoms with E-state index in [-0.39, 0.29) is 5.60 Å². The van der Waals surface area contributed by atoms with Gasteiger partial charge in [-0.3, -0.25) is 0 Å². The number of alkyl halides is 1. The third-order valence-electron chi connectivity index (χ3n) is 4.64. The third kappa shape index (κ3) is 2.19. The standard InChI is InChI=1S/C19H18BrNO/c20-17-12-6-7-13-19(17)15-10-4-5-11-16(15)21-18(22-19)14-8-2-1-3-9-14/h1-5,8-11,17H,6-7,12-13H2/t17?,19-/m1/s1. The van der Waals surface area contributed by atoms with E-state index in [2.05, 4.69) is 52.3 Å². The number of benzene rings is 2. The fourth-order valence-electron chi connectivity index (χ4n) is 3.51. The molecular weight excluding hydrogens is 338 g/mol. The smallest absolute Gasteiger partial charge is 0.222 e. The molecule has 2 aromatic carbocycles. The van der Waals surface area contributed by atoms with Crippen LogP contribution in [0, 0.1) is 0 Å². The van der Waals surface area contributed by atoms with Crippen molar-refractivity contribution in [3.8, 4) is 0 Å². The quantitative estimate of drug-likeness (QED) is 0.633. The topological polar surface area (TPSA) is 21.6 Å². The molecule has 1 unspecified atom stereocenters. The van der Waals surface area contributed by atoms with Gasteiger partial charge in [0.15, 0.2) is 5.60 Å². The van der Waals surface area contributed by atoms with E-state index < -0.39 is 0 Å². The van der Waals surface area contributed by atoms with E-state index in [1.807, 2.05) is 18.2 Å². The molecule has 1 aliphatic carbocycles. The first-order chi connectivity index (χ1) is 10.8. The Kier molecular flexibility index (Phi) is 3.53. The summed E-state index contributed by atoms with van der Waals surface area (Å²) in [6.45, 7) is 0. The van der Waals surface area contributed by atoms with Gasteiger partial charge in [-0.05, 0) is 37.5 Å². The van der Waals surface area contributed by atoms with Gasteiger partial charge < -0.3 is 4.74 Å². The maximum Gasteiger partial charge on any atom is 0.222 e. The predicted octanol–water partition coefficient (Wildman–Crippen LogP) is 5.33. The van der Waals surface area contributed by atoms with E-state index >= 15 is 0 Å². The van der Waals surface area contributed by atoms with Gasteiger partial charge >= 0.3 is 0 Å². The van der Waals surface area contributed by atoms with Crippen LogP contribution < -0.4 is 0 Å². The van der Waals surface area contributed by atoms with Crippen molar-refractivity contribution >= 4 is 27.5 Å². The molecule has 0 N–H and O–H groups in total. The molecule has 2 nitrogen and oxygen atoms in total. The lowest BCUT2D eigenvalue weighted by Crippen LogP contribution is -2.44. The molecule has 1 saturated carbocycles. The fraction of sp³-hybridized carbons (Fsp3) is 0.316. The second kappa shape index (κ2) is 5.54. The third-order valence-corrected chi connectivity index (χ3v) is 5.84. The highest BCUT2D eigenvalue weighted by atomic mass is 79.9. The first-order valence-electron chi connectivity index (χ1n) is 7.86. The number of fused-ring (bicyclic) bond motifs is 2. The molecule has 2 aromatic rings. The number of hydrogen-bond donors (Lipinski definition) is 0. The van der Waals surface area contributed by atoms with Crippen molar-refractivity contribution in [3.05, 3.63) is 65.7 Å². The summed E-state index contributed by atoms with van der Waals surface area (Å²) in [6, 6.07) is 18.6. The molecule has 0 amide bonds. The number of aliphatic imine (C=N–C) groups is 1. The molecule has 1 heterocycles. The van der Waals surface area contributed by atoms with Gasteiger partial charge in [0, 0.05) is 11.1 Å². The van der Waals surface area contributed by atoms with Crippen LogP contribution in [-0.4, -0.2) is 10.7 Å². The van der Waals surface area contributed by atoms with Crippen molar-refractivity contribution in [2.75, 3.05) is 0 Å². The molecule has 112 valence electrons. The number of ether oxygens (including phenoxy) is 1. The average molecular weight is 356 g/mol. The van der Waals surface area contributed by atoms with Crippen molar-refractivity contribution in [2.24, 2.45) is 4.99 Å². The Bertz CT molecular complexity index is 712. The number of hydrogen-bond acceptors (Lipinski definition) is 2. The van der Waals surface area contributed by atoms with Crippen molar-refractivity contribution in [1.29, 1.82) is 0 Å². The largest absolute Gasteiger partial charge is 0.464 e. The summed E-state index contributed by atoms with van der Waals surface area (Å²) >= 11 is 3.90. The summed E-state index contributed by atoms with van der Waals surface area (Å²) in [5.41, 5.74) is 3.01. The van der Waals surface area contributed by atoms with E-state index in [9.17, 15) is 0 Å². The molecule has 22 heavy (non-hydrogen) atoms. The molecule has 2 aliphatic rings. The van der Waals surface area contributed by atoms with E-state index in [1.165, 1.54) is 18.4 Å². The van der Waals surface area contributed by atoms with Crippen molar-refractivity contribution < 1.29 is 4.74 Å². The van der Waals surface area contributed by atoms with E-state index in [0.717, 1.165) is 30.0 Å². The second-order valence-electron chi connectivity index (χ2n) is 6.01. The van der Waals surface area contributed by atoms with Crippen molar-refractivity contribution in [1.82, 2.24) is 0 Å². The van der Waals surface area contributed by atoms with Gasteiger partial charge in [0.1, 0.15) is 0 Å².